The van der Waals surface area contributed by atoms with Crippen LogP contribution < -0.4 is 0 Å². The number of aryl methyl sites for hydroxylation is 1. The first-order chi connectivity index (χ1) is 9.37. The van der Waals surface area contributed by atoms with Gasteiger partial charge in [0.15, 0.2) is 4.90 Å². The molecular weight excluding hydrogens is 284 g/mol. The lowest BCUT2D eigenvalue weighted by atomic mass is 10.1. The summed E-state index contributed by atoms with van der Waals surface area (Å²) in [5.74, 6) is -0.104. The fourth-order valence-corrected chi connectivity index (χ4v) is 4.30. The quantitative estimate of drug-likeness (QED) is 0.658. The molecule has 1 aromatic carbocycles. The van der Waals surface area contributed by atoms with E-state index in [9.17, 15) is 18.5 Å². The van der Waals surface area contributed by atoms with Gasteiger partial charge in [0.05, 0.1) is 4.92 Å². The van der Waals surface area contributed by atoms with Crippen LogP contribution in [0.25, 0.3) is 0 Å². The van der Waals surface area contributed by atoms with Crippen LogP contribution in [0.1, 0.15) is 12.0 Å². The van der Waals surface area contributed by atoms with E-state index in [2.05, 4.69) is 0 Å². The molecule has 110 valence electrons. The first kappa shape index (κ1) is 14.9. The zero-order valence-electron chi connectivity index (χ0n) is 11.0. The highest BCUT2D eigenvalue weighted by Gasteiger charge is 2.37. The molecule has 0 spiro atoms. The normalized spacial score (nSPS) is 20.2. The molecule has 7 nitrogen and oxygen atoms in total. The number of aliphatic hydroxyl groups excluding tert-OH is 1. The van der Waals surface area contributed by atoms with Gasteiger partial charge < -0.3 is 5.11 Å². The zero-order chi connectivity index (χ0) is 14.9. The van der Waals surface area contributed by atoms with Crippen molar-refractivity contribution in [2.75, 3.05) is 19.7 Å². The highest BCUT2D eigenvalue weighted by Crippen LogP contribution is 2.32. The molecule has 1 aliphatic rings. The van der Waals surface area contributed by atoms with Crippen LogP contribution >= 0.6 is 0 Å². The van der Waals surface area contributed by atoms with Crippen LogP contribution in [0.2, 0.25) is 0 Å². The van der Waals surface area contributed by atoms with Gasteiger partial charge in [0.2, 0.25) is 10.0 Å². The third-order valence-corrected chi connectivity index (χ3v) is 5.55. The van der Waals surface area contributed by atoms with Gasteiger partial charge in [0.25, 0.3) is 5.69 Å². The van der Waals surface area contributed by atoms with E-state index in [-0.39, 0.29) is 30.5 Å². The maximum Gasteiger partial charge on any atom is 0.289 e. The Labute approximate surface area is 117 Å². The topological polar surface area (TPSA) is 101 Å². The third kappa shape index (κ3) is 2.54. The Balaban J connectivity index is 2.48. The van der Waals surface area contributed by atoms with E-state index in [1.54, 1.807) is 13.0 Å². The molecule has 0 aromatic heterocycles. The van der Waals surface area contributed by atoms with Gasteiger partial charge in [0.1, 0.15) is 0 Å². The Kier molecular flexibility index (Phi) is 4.07. The smallest absolute Gasteiger partial charge is 0.289 e. The van der Waals surface area contributed by atoms with E-state index in [1.165, 1.54) is 16.4 Å². The van der Waals surface area contributed by atoms with E-state index in [1.807, 2.05) is 0 Å². The van der Waals surface area contributed by atoms with Crippen LogP contribution in [0.4, 0.5) is 5.69 Å². The van der Waals surface area contributed by atoms with Crippen molar-refractivity contribution in [1.29, 1.82) is 0 Å². The lowest BCUT2D eigenvalue weighted by Gasteiger charge is -2.17. The van der Waals surface area contributed by atoms with Crippen molar-refractivity contribution >= 4 is 15.7 Å². The second kappa shape index (κ2) is 5.47. The molecule has 1 unspecified atom stereocenters. The van der Waals surface area contributed by atoms with Gasteiger partial charge >= 0.3 is 0 Å². The number of aliphatic hydroxyl groups is 1. The van der Waals surface area contributed by atoms with Crippen LogP contribution in [0.3, 0.4) is 0 Å². The Morgan fingerprint density at radius 1 is 1.50 bits per heavy atom. The van der Waals surface area contributed by atoms with Crippen LogP contribution in [-0.4, -0.2) is 42.4 Å². The summed E-state index contributed by atoms with van der Waals surface area (Å²) in [5.41, 5.74) is -0.0518. The molecule has 0 radical (unpaired) electrons. The lowest BCUT2D eigenvalue weighted by molar-refractivity contribution is -0.387. The fraction of sp³-hybridized carbons (Fsp3) is 0.500. The van der Waals surface area contributed by atoms with Gasteiger partial charge in [-0.05, 0) is 24.8 Å². The second-order valence-electron chi connectivity index (χ2n) is 4.88. The molecule has 1 aromatic rings. The minimum Gasteiger partial charge on any atom is -0.396 e. The summed E-state index contributed by atoms with van der Waals surface area (Å²) in [4.78, 5) is 10.1. The number of sulfonamides is 1. The minimum atomic E-state index is -3.91. The van der Waals surface area contributed by atoms with Gasteiger partial charge in [-0.25, -0.2) is 8.42 Å². The van der Waals surface area contributed by atoms with Crippen molar-refractivity contribution < 1.29 is 18.4 Å². The molecule has 0 aliphatic carbocycles. The second-order valence-corrected chi connectivity index (χ2v) is 6.76. The van der Waals surface area contributed by atoms with Gasteiger partial charge in [-0.3, -0.25) is 10.1 Å². The molecule has 0 saturated carbocycles. The predicted molar refractivity (Wildman–Crippen MR) is 71.8 cm³/mol. The van der Waals surface area contributed by atoms with Crippen molar-refractivity contribution in [3.63, 3.8) is 0 Å². The highest BCUT2D eigenvalue weighted by atomic mass is 32.2. The molecule has 1 fully saturated rings. The first-order valence-electron chi connectivity index (χ1n) is 6.23. The molecule has 0 amide bonds. The molecule has 1 aliphatic heterocycles. The van der Waals surface area contributed by atoms with E-state index in [0.29, 0.717) is 12.0 Å². The number of benzene rings is 1. The average molecular weight is 300 g/mol. The maximum atomic E-state index is 12.6. The van der Waals surface area contributed by atoms with Crippen molar-refractivity contribution in [1.82, 2.24) is 4.31 Å². The lowest BCUT2D eigenvalue weighted by Crippen LogP contribution is -2.30. The molecule has 1 atom stereocenters. The number of nitrogens with zero attached hydrogens (tertiary/aromatic N) is 2. The third-order valence-electron chi connectivity index (χ3n) is 3.49. The van der Waals surface area contributed by atoms with Crippen LogP contribution in [-0.2, 0) is 10.0 Å². The van der Waals surface area contributed by atoms with E-state index in [0.717, 1.165) is 0 Å². The predicted octanol–water partition coefficient (Wildman–Crippen LogP) is 0.906. The summed E-state index contributed by atoms with van der Waals surface area (Å²) in [6.07, 6.45) is 0.565. The molecule has 2 rings (SSSR count). The van der Waals surface area contributed by atoms with E-state index in [4.69, 9.17) is 5.11 Å². The monoisotopic (exact) mass is 300 g/mol. The van der Waals surface area contributed by atoms with Gasteiger partial charge in [0, 0.05) is 25.8 Å². The van der Waals surface area contributed by atoms with Crippen LogP contribution in [0, 0.1) is 23.0 Å². The fourth-order valence-electron chi connectivity index (χ4n) is 2.41. The molecule has 0 bridgehead atoms. The molecule has 20 heavy (non-hydrogen) atoms. The SMILES string of the molecule is Cc1cccc([N+](=O)[O-])c1S(=O)(=O)N1CCC(CO)C1. The first-order valence-corrected chi connectivity index (χ1v) is 7.67. The number of hydrogen-bond acceptors (Lipinski definition) is 5. The summed E-state index contributed by atoms with van der Waals surface area (Å²) in [6, 6.07) is 4.20. The largest absolute Gasteiger partial charge is 0.396 e. The van der Waals surface area contributed by atoms with Gasteiger partial charge in [-0.1, -0.05) is 12.1 Å². The summed E-state index contributed by atoms with van der Waals surface area (Å²) >= 11 is 0. The van der Waals surface area contributed by atoms with Crippen molar-refractivity contribution in [3.05, 3.63) is 33.9 Å². The van der Waals surface area contributed by atoms with Gasteiger partial charge in [-0.15, -0.1) is 0 Å². The maximum absolute atomic E-state index is 12.6. The number of nitro benzene ring substituents is 1. The van der Waals surface area contributed by atoms with Crippen molar-refractivity contribution in [3.8, 4) is 0 Å². The molecule has 1 saturated heterocycles. The zero-order valence-corrected chi connectivity index (χ0v) is 11.8. The minimum absolute atomic E-state index is 0.0815. The Bertz CT molecular complexity index is 629. The molecule has 8 heteroatoms. The van der Waals surface area contributed by atoms with Crippen molar-refractivity contribution in [2.24, 2.45) is 5.92 Å². The Hall–Kier alpha value is -1.51. The molecule has 1 N–H and O–H groups in total. The molecule has 1 heterocycles. The Morgan fingerprint density at radius 2 is 2.20 bits per heavy atom. The number of hydrogen-bond donors (Lipinski definition) is 1. The summed E-state index contributed by atoms with van der Waals surface area (Å²) < 4.78 is 26.4. The average Bonchev–Trinajstić information content (AvgIpc) is 2.87. The van der Waals surface area contributed by atoms with E-state index < -0.39 is 20.6 Å². The molecular formula is C12H16N2O5S. The summed E-state index contributed by atoms with van der Waals surface area (Å²) in [5, 5.41) is 20.1. The van der Waals surface area contributed by atoms with Gasteiger partial charge in [-0.2, -0.15) is 4.31 Å². The van der Waals surface area contributed by atoms with Crippen LogP contribution in [0.5, 0.6) is 0 Å². The van der Waals surface area contributed by atoms with E-state index >= 15 is 0 Å². The number of nitro groups is 1. The summed E-state index contributed by atoms with van der Waals surface area (Å²) in [7, 11) is -3.91. The van der Waals surface area contributed by atoms with Crippen LogP contribution in [0.15, 0.2) is 23.1 Å². The number of rotatable bonds is 4. The van der Waals surface area contributed by atoms with Crippen molar-refractivity contribution in [2.45, 2.75) is 18.2 Å². The standard InChI is InChI=1S/C12H16N2O5S/c1-9-3-2-4-11(14(16)17)12(9)20(18,19)13-6-5-10(7-13)8-15/h2-4,10,15H,5-8H2,1H3. The Morgan fingerprint density at radius 3 is 2.75 bits per heavy atom. The summed E-state index contributed by atoms with van der Waals surface area (Å²) in [6.45, 7) is 1.94. The highest BCUT2D eigenvalue weighted by molar-refractivity contribution is 7.89.